The number of likely N-dealkylation sites (N-methyl/N-ethyl adjacent to an activating group) is 1. The molecule has 0 spiro atoms. The van der Waals surface area contributed by atoms with Crippen LogP contribution in [0.4, 0.5) is 4.39 Å². The van der Waals surface area contributed by atoms with Crippen molar-refractivity contribution in [2.75, 3.05) is 20.2 Å². The molecule has 1 heterocycles. The molecule has 1 saturated heterocycles. The molecule has 1 aliphatic heterocycles. The first kappa shape index (κ1) is 15.9. The average Bonchev–Trinajstić information content (AvgIpc) is 2.48. The number of ether oxygens (including phenoxy) is 1. The van der Waals surface area contributed by atoms with Gasteiger partial charge in [0, 0.05) is 20.2 Å². The topological polar surface area (TPSA) is 70.4 Å². The van der Waals surface area contributed by atoms with E-state index in [0.717, 1.165) is 31.4 Å². The van der Waals surface area contributed by atoms with Crippen LogP contribution in [0.3, 0.4) is 0 Å². The van der Waals surface area contributed by atoms with Gasteiger partial charge < -0.3 is 4.74 Å². The quantitative estimate of drug-likeness (QED) is 0.851. The Morgan fingerprint density at radius 3 is 2.86 bits per heavy atom. The van der Waals surface area contributed by atoms with Gasteiger partial charge in [-0.2, -0.15) is 9.57 Å². The van der Waals surface area contributed by atoms with Gasteiger partial charge in [-0.1, -0.05) is 0 Å². The second kappa shape index (κ2) is 6.52. The third kappa shape index (κ3) is 3.59. The summed E-state index contributed by atoms with van der Waals surface area (Å²) in [6.45, 7) is 0.898. The molecule has 0 N–H and O–H groups in total. The van der Waals surface area contributed by atoms with Crippen molar-refractivity contribution in [2.45, 2.75) is 30.3 Å². The van der Waals surface area contributed by atoms with Gasteiger partial charge in [-0.15, -0.1) is 0 Å². The lowest BCUT2D eigenvalue weighted by Crippen LogP contribution is -2.37. The van der Waals surface area contributed by atoms with Crippen molar-refractivity contribution in [1.29, 1.82) is 5.26 Å². The number of nitriles is 1. The predicted molar refractivity (Wildman–Crippen MR) is 74.5 cm³/mol. The zero-order valence-electron chi connectivity index (χ0n) is 11.8. The van der Waals surface area contributed by atoms with E-state index in [1.54, 1.807) is 6.07 Å². The van der Waals surface area contributed by atoms with Crippen LogP contribution < -0.4 is 0 Å². The second-order valence-corrected chi connectivity index (χ2v) is 7.07. The standard InChI is InChI=1S/C14H17FN2O3S/c1-17(10-12-4-2-3-7-20-12)21(18,19)13-5-6-14(15)11(8-13)9-16/h5-6,8,12H,2-4,7,10H2,1H3. The van der Waals surface area contributed by atoms with Crippen LogP contribution in [0.1, 0.15) is 24.8 Å². The van der Waals surface area contributed by atoms with Crippen LogP contribution in [0.5, 0.6) is 0 Å². The summed E-state index contributed by atoms with van der Waals surface area (Å²) in [5.41, 5.74) is -0.279. The van der Waals surface area contributed by atoms with Crippen LogP contribution in [-0.2, 0) is 14.8 Å². The van der Waals surface area contributed by atoms with Gasteiger partial charge in [-0.05, 0) is 37.5 Å². The molecule has 2 rings (SSSR count). The van der Waals surface area contributed by atoms with Crippen molar-refractivity contribution in [3.63, 3.8) is 0 Å². The predicted octanol–water partition coefficient (Wildman–Crippen LogP) is 1.89. The lowest BCUT2D eigenvalue weighted by molar-refractivity contribution is 0.00858. The first-order valence-corrected chi connectivity index (χ1v) is 8.17. The monoisotopic (exact) mass is 312 g/mol. The molecule has 114 valence electrons. The van der Waals surface area contributed by atoms with Gasteiger partial charge in [0.15, 0.2) is 0 Å². The van der Waals surface area contributed by atoms with E-state index in [0.29, 0.717) is 6.61 Å². The summed E-state index contributed by atoms with van der Waals surface area (Å²) >= 11 is 0. The van der Waals surface area contributed by atoms with Gasteiger partial charge in [0.1, 0.15) is 11.9 Å². The number of hydrogen-bond acceptors (Lipinski definition) is 4. The maximum absolute atomic E-state index is 13.3. The number of sulfonamides is 1. The van der Waals surface area contributed by atoms with Crippen molar-refractivity contribution in [3.8, 4) is 6.07 Å². The molecular formula is C14H17FN2O3S. The van der Waals surface area contributed by atoms with E-state index in [2.05, 4.69) is 0 Å². The Labute approximate surface area is 124 Å². The van der Waals surface area contributed by atoms with E-state index < -0.39 is 15.8 Å². The number of benzene rings is 1. The van der Waals surface area contributed by atoms with Crippen molar-refractivity contribution < 1.29 is 17.5 Å². The minimum Gasteiger partial charge on any atom is -0.377 e. The Kier molecular flexibility index (Phi) is 4.93. The molecule has 1 aliphatic rings. The zero-order valence-corrected chi connectivity index (χ0v) is 12.6. The maximum atomic E-state index is 13.3. The highest BCUT2D eigenvalue weighted by molar-refractivity contribution is 7.89. The highest BCUT2D eigenvalue weighted by atomic mass is 32.2. The van der Waals surface area contributed by atoms with E-state index in [4.69, 9.17) is 10.00 Å². The first-order valence-electron chi connectivity index (χ1n) is 6.72. The number of rotatable bonds is 4. The van der Waals surface area contributed by atoms with Gasteiger partial charge in [-0.25, -0.2) is 12.8 Å². The molecule has 1 aromatic carbocycles. The van der Waals surface area contributed by atoms with E-state index in [9.17, 15) is 12.8 Å². The normalized spacial score (nSPS) is 19.4. The Morgan fingerprint density at radius 1 is 1.48 bits per heavy atom. The summed E-state index contributed by atoms with van der Waals surface area (Å²) in [6, 6.07) is 4.87. The van der Waals surface area contributed by atoms with Gasteiger partial charge in [-0.3, -0.25) is 0 Å². The average molecular weight is 312 g/mol. The fourth-order valence-electron chi connectivity index (χ4n) is 2.27. The smallest absolute Gasteiger partial charge is 0.242 e. The highest BCUT2D eigenvalue weighted by Crippen LogP contribution is 2.20. The molecule has 1 aromatic rings. The summed E-state index contributed by atoms with van der Waals surface area (Å²) in [6.07, 6.45) is 2.73. The largest absolute Gasteiger partial charge is 0.377 e. The molecule has 0 radical (unpaired) electrons. The molecule has 0 amide bonds. The van der Waals surface area contributed by atoms with Crippen LogP contribution >= 0.6 is 0 Å². The molecule has 0 bridgehead atoms. The Balaban J connectivity index is 2.18. The molecular weight excluding hydrogens is 295 g/mol. The molecule has 21 heavy (non-hydrogen) atoms. The van der Waals surface area contributed by atoms with Crippen LogP contribution in [0.15, 0.2) is 23.1 Å². The van der Waals surface area contributed by atoms with Crippen LogP contribution in [0.2, 0.25) is 0 Å². The summed E-state index contributed by atoms with van der Waals surface area (Å²) in [5, 5.41) is 8.79. The van der Waals surface area contributed by atoms with Gasteiger partial charge in [0.05, 0.1) is 16.6 Å². The summed E-state index contributed by atoms with van der Waals surface area (Å²) in [7, 11) is -2.29. The second-order valence-electron chi connectivity index (χ2n) is 5.03. The van der Waals surface area contributed by atoms with Crippen molar-refractivity contribution in [2.24, 2.45) is 0 Å². The van der Waals surface area contributed by atoms with Gasteiger partial charge >= 0.3 is 0 Å². The summed E-state index contributed by atoms with van der Waals surface area (Å²) in [4.78, 5) is -0.0845. The molecule has 0 aliphatic carbocycles. The Hall–Kier alpha value is -1.49. The lowest BCUT2D eigenvalue weighted by Gasteiger charge is -2.27. The van der Waals surface area contributed by atoms with Crippen LogP contribution in [0, 0.1) is 17.1 Å². The first-order chi connectivity index (χ1) is 9.95. The minimum absolute atomic E-state index is 0.0845. The van der Waals surface area contributed by atoms with E-state index in [1.165, 1.54) is 17.4 Å². The van der Waals surface area contributed by atoms with E-state index in [1.807, 2.05) is 0 Å². The highest BCUT2D eigenvalue weighted by Gasteiger charge is 2.26. The summed E-state index contributed by atoms with van der Waals surface area (Å²) in [5.74, 6) is -0.727. The fraction of sp³-hybridized carbons (Fsp3) is 0.500. The van der Waals surface area contributed by atoms with Crippen LogP contribution in [0.25, 0.3) is 0 Å². The van der Waals surface area contributed by atoms with Crippen molar-refractivity contribution in [3.05, 3.63) is 29.6 Å². The Morgan fingerprint density at radius 2 is 2.24 bits per heavy atom. The van der Waals surface area contributed by atoms with Gasteiger partial charge in [0.25, 0.3) is 0 Å². The minimum atomic E-state index is -3.75. The maximum Gasteiger partial charge on any atom is 0.242 e. The Bertz CT molecular complexity index is 649. The van der Waals surface area contributed by atoms with Crippen molar-refractivity contribution >= 4 is 10.0 Å². The number of halogens is 1. The number of hydrogen-bond donors (Lipinski definition) is 0. The zero-order chi connectivity index (χ0) is 15.5. The molecule has 1 fully saturated rings. The molecule has 7 heteroatoms. The van der Waals surface area contributed by atoms with Gasteiger partial charge in [0.2, 0.25) is 10.0 Å². The molecule has 1 unspecified atom stereocenters. The SMILES string of the molecule is CN(CC1CCCCO1)S(=O)(=O)c1ccc(F)c(C#N)c1. The lowest BCUT2D eigenvalue weighted by atomic mass is 10.1. The molecule has 5 nitrogen and oxygen atoms in total. The van der Waals surface area contributed by atoms with E-state index in [-0.39, 0.29) is 23.1 Å². The fourth-order valence-corrected chi connectivity index (χ4v) is 3.50. The third-order valence-corrected chi connectivity index (χ3v) is 5.32. The summed E-state index contributed by atoms with van der Waals surface area (Å²) < 4.78 is 44.8. The van der Waals surface area contributed by atoms with Crippen LogP contribution in [-0.4, -0.2) is 39.0 Å². The molecule has 0 saturated carbocycles. The third-order valence-electron chi connectivity index (χ3n) is 3.50. The molecule has 0 aromatic heterocycles. The molecule has 1 atom stereocenters. The number of nitrogens with zero attached hydrogens (tertiary/aromatic N) is 2. The van der Waals surface area contributed by atoms with E-state index >= 15 is 0 Å². The van der Waals surface area contributed by atoms with Crippen molar-refractivity contribution in [1.82, 2.24) is 4.31 Å².